The van der Waals surface area contributed by atoms with Gasteiger partial charge in [-0.25, -0.2) is 4.39 Å². The summed E-state index contributed by atoms with van der Waals surface area (Å²) in [6, 6.07) is 10.6. The van der Waals surface area contributed by atoms with Crippen LogP contribution in [0.25, 0.3) is 6.08 Å². The Morgan fingerprint density at radius 2 is 1.80 bits per heavy atom. The second-order valence-corrected chi connectivity index (χ2v) is 5.49. The van der Waals surface area contributed by atoms with Gasteiger partial charge < -0.3 is 15.0 Å². The van der Waals surface area contributed by atoms with Gasteiger partial charge in [0.25, 0.3) is 5.91 Å². The molecule has 0 saturated heterocycles. The van der Waals surface area contributed by atoms with E-state index in [0.29, 0.717) is 22.6 Å². The minimum atomic E-state index is -0.392. The lowest BCUT2D eigenvalue weighted by molar-refractivity contribution is -0.111. The third-order valence-corrected chi connectivity index (χ3v) is 3.41. The summed E-state index contributed by atoms with van der Waals surface area (Å²) in [6.07, 6.45) is 2.89. The molecule has 5 nitrogen and oxygen atoms in total. The van der Waals surface area contributed by atoms with Gasteiger partial charge in [-0.1, -0.05) is 12.1 Å². The van der Waals surface area contributed by atoms with Gasteiger partial charge in [0.2, 0.25) is 5.91 Å². The number of hydrogen-bond donors (Lipinski definition) is 1. The summed E-state index contributed by atoms with van der Waals surface area (Å²) in [5.41, 5.74) is 1.52. The third-order valence-electron chi connectivity index (χ3n) is 3.41. The van der Waals surface area contributed by atoms with Crippen LogP contribution in [-0.4, -0.2) is 37.9 Å². The number of hydrogen-bond acceptors (Lipinski definition) is 3. The monoisotopic (exact) mass is 342 g/mol. The summed E-state index contributed by atoms with van der Waals surface area (Å²) in [7, 11) is 4.78. The third kappa shape index (κ3) is 4.91. The minimum absolute atomic E-state index is 0.181. The van der Waals surface area contributed by atoms with Gasteiger partial charge in [-0.15, -0.1) is 0 Å². The molecular formula is C19H19FN2O3. The lowest BCUT2D eigenvalue weighted by Crippen LogP contribution is -2.22. The predicted octanol–water partition coefficient (Wildman–Crippen LogP) is 3.19. The molecule has 6 heteroatoms. The maximum Gasteiger partial charge on any atom is 0.253 e. The number of benzene rings is 2. The highest BCUT2D eigenvalue weighted by Gasteiger charge is 2.12. The number of amides is 2. The zero-order chi connectivity index (χ0) is 18.4. The molecule has 0 radical (unpaired) electrons. The number of methoxy groups -OCH3 is 1. The molecule has 0 atom stereocenters. The van der Waals surface area contributed by atoms with Crippen LogP contribution in [0.1, 0.15) is 15.9 Å². The molecule has 2 amide bonds. The molecule has 0 fully saturated rings. The average Bonchev–Trinajstić information content (AvgIpc) is 2.60. The van der Waals surface area contributed by atoms with E-state index < -0.39 is 5.91 Å². The Morgan fingerprint density at radius 1 is 1.12 bits per heavy atom. The molecule has 0 heterocycles. The lowest BCUT2D eigenvalue weighted by Gasteiger charge is -2.14. The van der Waals surface area contributed by atoms with Crippen LogP contribution in [-0.2, 0) is 4.79 Å². The molecule has 0 spiro atoms. The fourth-order valence-electron chi connectivity index (χ4n) is 2.12. The van der Waals surface area contributed by atoms with E-state index in [4.69, 9.17) is 4.74 Å². The van der Waals surface area contributed by atoms with Crippen molar-refractivity contribution >= 4 is 23.6 Å². The van der Waals surface area contributed by atoms with E-state index in [1.54, 1.807) is 50.5 Å². The second-order valence-electron chi connectivity index (χ2n) is 5.49. The summed E-state index contributed by atoms with van der Waals surface area (Å²) in [5, 5.41) is 2.68. The highest BCUT2D eigenvalue weighted by molar-refractivity contribution is 6.04. The van der Waals surface area contributed by atoms with Gasteiger partial charge in [0.15, 0.2) is 0 Å². The van der Waals surface area contributed by atoms with Crippen molar-refractivity contribution in [2.24, 2.45) is 0 Å². The number of anilines is 1. The molecule has 0 aliphatic rings. The Balaban J connectivity index is 2.17. The molecule has 2 aromatic carbocycles. The Morgan fingerprint density at radius 3 is 2.40 bits per heavy atom. The molecule has 2 aromatic rings. The van der Waals surface area contributed by atoms with Crippen LogP contribution in [0.4, 0.5) is 10.1 Å². The Bertz CT molecular complexity index is 799. The number of carbonyl (C=O) groups is 2. The van der Waals surface area contributed by atoms with Crippen molar-refractivity contribution in [1.82, 2.24) is 4.90 Å². The second kappa shape index (κ2) is 8.10. The van der Waals surface area contributed by atoms with E-state index in [1.165, 1.54) is 30.2 Å². The van der Waals surface area contributed by atoms with E-state index in [-0.39, 0.29) is 11.7 Å². The summed E-state index contributed by atoms with van der Waals surface area (Å²) in [6.45, 7) is 0. The maximum atomic E-state index is 12.9. The van der Waals surface area contributed by atoms with Gasteiger partial charge in [-0.2, -0.15) is 0 Å². The van der Waals surface area contributed by atoms with E-state index >= 15 is 0 Å². The highest BCUT2D eigenvalue weighted by Crippen LogP contribution is 2.26. The van der Waals surface area contributed by atoms with Gasteiger partial charge >= 0.3 is 0 Å². The molecule has 25 heavy (non-hydrogen) atoms. The first kappa shape index (κ1) is 18.2. The molecule has 0 saturated carbocycles. The Kier molecular flexibility index (Phi) is 5.89. The minimum Gasteiger partial charge on any atom is -0.495 e. The fourth-order valence-corrected chi connectivity index (χ4v) is 2.12. The fraction of sp³-hybridized carbons (Fsp3) is 0.158. The van der Waals surface area contributed by atoms with Gasteiger partial charge in [-0.05, 0) is 42.0 Å². The van der Waals surface area contributed by atoms with Gasteiger partial charge in [0.05, 0.1) is 12.8 Å². The Labute approximate surface area is 145 Å². The summed E-state index contributed by atoms with van der Waals surface area (Å²) in [5.74, 6) is -0.468. The first-order valence-corrected chi connectivity index (χ1v) is 7.55. The Hall–Kier alpha value is -3.15. The number of nitrogens with zero attached hydrogens (tertiary/aromatic N) is 1. The zero-order valence-electron chi connectivity index (χ0n) is 14.2. The van der Waals surface area contributed by atoms with Crippen molar-refractivity contribution in [3.05, 3.63) is 65.5 Å². The van der Waals surface area contributed by atoms with Gasteiger partial charge in [-0.3, -0.25) is 9.59 Å². The number of halogens is 1. The van der Waals surface area contributed by atoms with Gasteiger partial charge in [0.1, 0.15) is 11.6 Å². The van der Waals surface area contributed by atoms with Crippen molar-refractivity contribution in [2.75, 3.05) is 26.5 Å². The van der Waals surface area contributed by atoms with E-state index in [0.717, 1.165) is 0 Å². The van der Waals surface area contributed by atoms with Crippen molar-refractivity contribution in [1.29, 1.82) is 0 Å². The van der Waals surface area contributed by atoms with Crippen LogP contribution < -0.4 is 10.1 Å². The van der Waals surface area contributed by atoms with Crippen LogP contribution in [0.5, 0.6) is 5.75 Å². The molecule has 0 aliphatic carbocycles. The van der Waals surface area contributed by atoms with Crippen LogP contribution >= 0.6 is 0 Å². The highest BCUT2D eigenvalue weighted by atomic mass is 19.1. The molecular weight excluding hydrogens is 323 g/mol. The number of ether oxygens (including phenoxy) is 1. The molecule has 0 aliphatic heterocycles. The van der Waals surface area contributed by atoms with Crippen molar-refractivity contribution in [3.8, 4) is 5.75 Å². The van der Waals surface area contributed by atoms with Crippen LogP contribution in [0.15, 0.2) is 48.5 Å². The zero-order valence-corrected chi connectivity index (χ0v) is 14.2. The molecule has 2 rings (SSSR count). The lowest BCUT2D eigenvalue weighted by atomic mass is 10.1. The first-order chi connectivity index (χ1) is 11.9. The van der Waals surface area contributed by atoms with Crippen molar-refractivity contribution < 1.29 is 18.7 Å². The van der Waals surface area contributed by atoms with Crippen molar-refractivity contribution in [2.45, 2.75) is 0 Å². The first-order valence-electron chi connectivity index (χ1n) is 7.55. The standard InChI is InChI=1S/C19H19FN2O3/c1-22(2)19(24)14-7-10-17(25-3)16(12-14)21-18(23)11-6-13-4-8-15(20)9-5-13/h4-12H,1-3H3,(H,21,23)/b11-6-. The largest absolute Gasteiger partial charge is 0.495 e. The van der Waals surface area contributed by atoms with Crippen molar-refractivity contribution in [3.63, 3.8) is 0 Å². The topological polar surface area (TPSA) is 58.6 Å². The summed E-state index contributed by atoms with van der Waals surface area (Å²) in [4.78, 5) is 25.6. The van der Waals surface area contributed by atoms with Gasteiger partial charge in [0, 0.05) is 25.7 Å². The predicted molar refractivity (Wildman–Crippen MR) is 95.1 cm³/mol. The average molecular weight is 342 g/mol. The molecule has 1 N–H and O–H groups in total. The molecule has 130 valence electrons. The number of nitrogens with one attached hydrogen (secondary N) is 1. The number of rotatable bonds is 5. The number of carbonyl (C=O) groups excluding carboxylic acids is 2. The maximum absolute atomic E-state index is 12.9. The molecule has 0 bridgehead atoms. The molecule has 0 aromatic heterocycles. The summed E-state index contributed by atoms with van der Waals surface area (Å²) >= 11 is 0. The van der Waals surface area contributed by atoms with Crippen LogP contribution in [0.2, 0.25) is 0 Å². The quantitative estimate of drug-likeness (QED) is 0.849. The SMILES string of the molecule is COc1ccc(C(=O)N(C)C)cc1NC(=O)/C=C\c1ccc(F)cc1. The van der Waals surface area contributed by atoms with Crippen LogP contribution in [0, 0.1) is 5.82 Å². The smallest absolute Gasteiger partial charge is 0.253 e. The van der Waals surface area contributed by atoms with E-state index in [2.05, 4.69) is 5.32 Å². The van der Waals surface area contributed by atoms with Crippen LogP contribution in [0.3, 0.4) is 0 Å². The van der Waals surface area contributed by atoms with E-state index in [9.17, 15) is 14.0 Å². The summed E-state index contributed by atoms with van der Waals surface area (Å²) < 4.78 is 18.1. The van der Waals surface area contributed by atoms with E-state index in [1.807, 2.05) is 0 Å². The normalized spacial score (nSPS) is 10.6. The molecule has 0 unspecified atom stereocenters.